The van der Waals surface area contributed by atoms with E-state index >= 15 is 0 Å². The highest BCUT2D eigenvalue weighted by molar-refractivity contribution is 5.96. The molecule has 9 nitrogen and oxygen atoms in total. The first kappa shape index (κ1) is 22.3. The maximum Gasteiger partial charge on any atom is 0.405 e. The maximum absolute atomic E-state index is 12.9. The van der Waals surface area contributed by atoms with Crippen LogP contribution in [0.25, 0.3) is 11.1 Å². The molecule has 2 atom stereocenters. The van der Waals surface area contributed by atoms with Crippen LogP contribution >= 0.6 is 0 Å². The van der Waals surface area contributed by atoms with Crippen LogP contribution in [0, 0.1) is 0 Å². The van der Waals surface area contributed by atoms with E-state index in [0.29, 0.717) is 17.0 Å². The van der Waals surface area contributed by atoms with Crippen LogP contribution in [-0.4, -0.2) is 35.5 Å². The summed E-state index contributed by atoms with van der Waals surface area (Å²) in [6.07, 6.45) is 4.64. The second-order valence-corrected chi connectivity index (χ2v) is 7.69. The third-order valence-corrected chi connectivity index (χ3v) is 5.41. The van der Waals surface area contributed by atoms with Crippen molar-refractivity contribution in [2.45, 2.75) is 31.6 Å². The van der Waals surface area contributed by atoms with Gasteiger partial charge in [0, 0.05) is 29.6 Å². The Balaban J connectivity index is 1.46. The highest BCUT2D eigenvalue weighted by atomic mass is 16.6. The Morgan fingerprint density at radius 1 is 1.18 bits per heavy atom. The van der Waals surface area contributed by atoms with Gasteiger partial charge in [0.05, 0.1) is 13.3 Å². The molecule has 0 spiro atoms. The van der Waals surface area contributed by atoms with Crippen molar-refractivity contribution in [2.75, 3.05) is 19.0 Å². The summed E-state index contributed by atoms with van der Waals surface area (Å²) in [6.45, 7) is 0.754. The largest absolute Gasteiger partial charge is 0.497 e. The molecule has 2 unspecified atom stereocenters. The fourth-order valence-corrected chi connectivity index (χ4v) is 3.72. The van der Waals surface area contributed by atoms with Crippen LogP contribution in [0.1, 0.15) is 37.2 Å². The van der Waals surface area contributed by atoms with E-state index in [1.54, 1.807) is 42.6 Å². The van der Waals surface area contributed by atoms with Gasteiger partial charge in [-0.1, -0.05) is 24.3 Å². The van der Waals surface area contributed by atoms with Crippen molar-refractivity contribution in [2.24, 2.45) is 5.73 Å². The average Bonchev–Trinajstić information content (AvgIpc) is 3.34. The summed E-state index contributed by atoms with van der Waals surface area (Å²) in [5.74, 6) is -0.000957. The normalized spacial score (nSPS) is 16.6. The highest BCUT2D eigenvalue weighted by Gasteiger charge is 2.25. The van der Waals surface area contributed by atoms with E-state index in [1.165, 1.54) is 7.11 Å². The Hall–Kier alpha value is -3.85. The predicted octanol–water partition coefficient (Wildman–Crippen LogP) is 4.03. The zero-order valence-corrected chi connectivity index (χ0v) is 18.3. The van der Waals surface area contributed by atoms with E-state index in [2.05, 4.69) is 10.4 Å². The number of hydrogen-bond acceptors (Lipinski definition) is 6. The Morgan fingerprint density at radius 2 is 2.00 bits per heavy atom. The van der Waals surface area contributed by atoms with Gasteiger partial charge in [-0.05, 0) is 49.1 Å². The summed E-state index contributed by atoms with van der Waals surface area (Å²) in [4.78, 5) is 24.3. The standard InChI is InChI=1S/C24H26N4O5/c1-31-20-6-4-5-17(13-20)22(33-24(25)30)23(29)27-19-10-8-16(9-11-19)18-14-26-28(15-18)21-7-2-3-12-32-21/h4-6,8-11,13-15,21-22H,2-3,7,12H2,1H3,(H2,25,30)(H,27,29). The number of nitrogens with one attached hydrogen (secondary N) is 1. The first-order chi connectivity index (χ1) is 16.0. The number of nitrogens with zero attached hydrogens (tertiary/aromatic N) is 2. The summed E-state index contributed by atoms with van der Waals surface area (Å²) in [5.41, 5.74) is 8.08. The maximum atomic E-state index is 12.9. The SMILES string of the molecule is COc1cccc(C(OC(N)=O)C(=O)Nc2ccc(-c3cnn(C4CCCCO4)c3)cc2)c1. The first-order valence-corrected chi connectivity index (χ1v) is 10.7. The molecule has 4 rings (SSSR count). The Kier molecular flexibility index (Phi) is 6.89. The molecule has 0 aliphatic carbocycles. The van der Waals surface area contributed by atoms with Crippen molar-refractivity contribution in [3.63, 3.8) is 0 Å². The molecule has 1 fully saturated rings. The van der Waals surface area contributed by atoms with Crippen LogP contribution in [0.2, 0.25) is 0 Å². The quantitative estimate of drug-likeness (QED) is 0.561. The van der Waals surface area contributed by atoms with Crippen LogP contribution in [0.15, 0.2) is 60.9 Å². The highest BCUT2D eigenvalue weighted by Crippen LogP contribution is 2.27. The molecule has 3 aromatic rings. The molecule has 0 radical (unpaired) electrons. The number of aromatic nitrogens is 2. The third-order valence-electron chi connectivity index (χ3n) is 5.41. The van der Waals surface area contributed by atoms with Gasteiger partial charge >= 0.3 is 6.09 Å². The molecule has 0 saturated carbocycles. The molecular formula is C24H26N4O5. The number of anilines is 1. The number of hydrogen-bond donors (Lipinski definition) is 2. The van der Waals surface area contributed by atoms with Crippen LogP contribution in [0.3, 0.4) is 0 Å². The van der Waals surface area contributed by atoms with Crippen molar-refractivity contribution in [1.82, 2.24) is 9.78 Å². The zero-order valence-electron chi connectivity index (χ0n) is 18.3. The van der Waals surface area contributed by atoms with Gasteiger partial charge in [-0.25, -0.2) is 9.48 Å². The molecule has 2 heterocycles. The number of primary amides is 1. The Bertz CT molecular complexity index is 1110. The fourth-order valence-electron chi connectivity index (χ4n) is 3.72. The minimum atomic E-state index is -1.22. The lowest BCUT2D eigenvalue weighted by Gasteiger charge is -2.22. The van der Waals surface area contributed by atoms with Crippen LogP contribution in [0.5, 0.6) is 5.75 Å². The number of amides is 2. The summed E-state index contributed by atoms with van der Waals surface area (Å²) in [5, 5.41) is 7.20. The number of benzene rings is 2. The van der Waals surface area contributed by atoms with Crippen molar-refractivity contribution < 1.29 is 23.8 Å². The third kappa shape index (κ3) is 5.50. The molecule has 1 aliphatic rings. The van der Waals surface area contributed by atoms with Crippen molar-refractivity contribution >= 4 is 17.7 Å². The van der Waals surface area contributed by atoms with Crippen LogP contribution in [-0.2, 0) is 14.3 Å². The van der Waals surface area contributed by atoms with E-state index < -0.39 is 18.1 Å². The average molecular weight is 450 g/mol. The molecule has 0 bridgehead atoms. The second-order valence-electron chi connectivity index (χ2n) is 7.69. The molecule has 9 heteroatoms. The Labute approximate surface area is 191 Å². The number of carbonyl (C=O) groups is 2. The lowest BCUT2D eigenvalue weighted by atomic mass is 10.1. The predicted molar refractivity (Wildman–Crippen MR) is 122 cm³/mol. The Morgan fingerprint density at radius 3 is 2.70 bits per heavy atom. The lowest BCUT2D eigenvalue weighted by molar-refractivity contribution is -0.124. The van der Waals surface area contributed by atoms with Crippen molar-refractivity contribution in [1.29, 1.82) is 0 Å². The number of nitrogens with two attached hydrogens (primary N) is 1. The second kappa shape index (κ2) is 10.2. The molecule has 2 aromatic carbocycles. The minimum Gasteiger partial charge on any atom is -0.497 e. The summed E-state index contributed by atoms with van der Waals surface area (Å²) < 4.78 is 17.9. The zero-order chi connectivity index (χ0) is 23.2. The van der Waals surface area contributed by atoms with Gasteiger partial charge in [-0.3, -0.25) is 4.79 Å². The van der Waals surface area contributed by atoms with Gasteiger partial charge in [-0.2, -0.15) is 5.10 Å². The fraction of sp³-hybridized carbons (Fsp3) is 0.292. The van der Waals surface area contributed by atoms with Gasteiger partial charge in [-0.15, -0.1) is 0 Å². The first-order valence-electron chi connectivity index (χ1n) is 10.7. The van der Waals surface area contributed by atoms with Crippen LogP contribution < -0.4 is 15.8 Å². The molecule has 3 N–H and O–H groups in total. The van der Waals surface area contributed by atoms with E-state index in [-0.39, 0.29) is 6.23 Å². The molecule has 172 valence electrons. The molecule has 1 aliphatic heterocycles. The summed E-state index contributed by atoms with van der Waals surface area (Å²) in [6, 6.07) is 14.0. The molecule has 1 aromatic heterocycles. The van der Waals surface area contributed by atoms with Gasteiger partial charge in [0.2, 0.25) is 6.10 Å². The monoisotopic (exact) mass is 450 g/mol. The molecular weight excluding hydrogens is 424 g/mol. The van der Waals surface area contributed by atoms with Gasteiger partial charge < -0.3 is 25.3 Å². The van der Waals surface area contributed by atoms with E-state index in [9.17, 15) is 9.59 Å². The van der Waals surface area contributed by atoms with Gasteiger partial charge in [0.1, 0.15) is 12.0 Å². The summed E-state index contributed by atoms with van der Waals surface area (Å²) >= 11 is 0. The lowest BCUT2D eigenvalue weighted by Crippen LogP contribution is -2.28. The smallest absolute Gasteiger partial charge is 0.405 e. The van der Waals surface area contributed by atoms with E-state index in [4.69, 9.17) is 19.9 Å². The van der Waals surface area contributed by atoms with Gasteiger partial charge in [0.15, 0.2) is 0 Å². The topological polar surface area (TPSA) is 118 Å². The number of rotatable bonds is 7. The molecule has 2 amide bonds. The van der Waals surface area contributed by atoms with Crippen molar-refractivity contribution in [3.8, 4) is 16.9 Å². The summed E-state index contributed by atoms with van der Waals surface area (Å²) in [7, 11) is 1.51. The molecule has 1 saturated heterocycles. The van der Waals surface area contributed by atoms with Crippen LogP contribution in [0.4, 0.5) is 10.5 Å². The van der Waals surface area contributed by atoms with Crippen molar-refractivity contribution in [3.05, 3.63) is 66.5 Å². The molecule has 33 heavy (non-hydrogen) atoms. The van der Waals surface area contributed by atoms with E-state index in [0.717, 1.165) is 37.0 Å². The van der Waals surface area contributed by atoms with Gasteiger partial charge in [0.25, 0.3) is 5.91 Å². The van der Waals surface area contributed by atoms with E-state index in [1.807, 2.05) is 23.0 Å². The number of ether oxygens (including phenoxy) is 3. The number of carbonyl (C=O) groups excluding carboxylic acids is 2. The number of methoxy groups -OCH3 is 1. The minimum absolute atomic E-state index is 0.0233.